The minimum Gasteiger partial charge on any atom is -0.258 e. The molecule has 0 aliphatic heterocycles. The Hall–Kier alpha value is -2.19. The van der Waals surface area contributed by atoms with E-state index in [9.17, 15) is 0 Å². The van der Waals surface area contributed by atoms with Crippen molar-refractivity contribution in [2.75, 3.05) is 0 Å². The van der Waals surface area contributed by atoms with Crippen molar-refractivity contribution in [3.05, 3.63) is 70.6 Å². The van der Waals surface area contributed by atoms with Gasteiger partial charge in [-0.1, -0.05) is 41.4 Å². The lowest BCUT2D eigenvalue weighted by Crippen LogP contribution is -1.95. The zero-order valence-corrected chi connectivity index (χ0v) is 13.6. The Morgan fingerprint density at radius 3 is 2.27 bits per heavy atom. The fourth-order valence-corrected chi connectivity index (χ4v) is 2.70. The van der Waals surface area contributed by atoms with Crippen LogP contribution in [0.5, 0.6) is 0 Å². The lowest BCUT2D eigenvalue weighted by Gasteiger charge is -2.12. The lowest BCUT2D eigenvalue weighted by atomic mass is 9.98. The summed E-state index contributed by atoms with van der Waals surface area (Å²) in [6.45, 7) is 6.08. The molecule has 0 saturated heterocycles. The average molecular weight is 309 g/mol. The van der Waals surface area contributed by atoms with Crippen LogP contribution >= 0.6 is 11.6 Å². The van der Waals surface area contributed by atoms with Crippen LogP contribution in [-0.2, 0) is 0 Å². The number of rotatable bonds is 2. The average Bonchev–Trinajstić information content (AvgIpc) is 2.49. The first-order valence-electron chi connectivity index (χ1n) is 7.22. The second kappa shape index (κ2) is 5.90. The summed E-state index contributed by atoms with van der Waals surface area (Å²) in [7, 11) is 0. The number of benzene rings is 1. The first-order valence-corrected chi connectivity index (χ1v) is 7.59. The normalized spacial score (nSPS) is 10.7. The summed E-state index contributed by atoms with van der Waals surface area (Å²) in [4.78, 5) is 9.11. The molecule has 110 valence electrons. The minimum absolute atomic E-state index is 0.636. The number of aryl methyl sites for hydroxylation is 3. The SMILES string of the molecule is Cc1ccc(-c2cc(Cl)cnc2-c2ccc(C)nc2C)cc1. The Labute approximate surface area is 135 Å². The third-order valence-corrected chi connectivity index (χ3v) is 3.90. The summed E-state index contributed by atoms with van der Waals surface area (Å²) in [5.74, 6) is 0. The lowest BCUT2D eigenvalue weighted by molar-refractivity contribution is 1.12. The van der Waals surface area contributed by atoms with Gasteiger partial charge in [0.15, 0.2) is 0 Å². The Morgan fingerprint density at radius 1 is 0.864 bits per heavy atom. The van der Waals surface area contributed by atoms with Gasteiger partial charge >= 0.3 is 0 Å². The molecule has 0 unspecified atom stereocenters. The van der Waals surface area contributed by atoms with Crippen molar-refractivity contribution in [3.8, 4) is 22.4 Å². The Bertz CT molecular complexity index is 823. The molecule has 0 N–H and O–H groups in total. The standard InChI is InChI=1S/C19H17ClN2/c1-12-4-7-15(8-5-12)18-10-16(20)11-21-19(18)17-9-6-13(2)22-14(17)3/h4-11H,1-3H3. The second-order valence-electron chi connectivity index (χ2n) is 5.50. The van der Waals surface area contributed by atoms with Crippen molar-refractivity contribution in [2.24, 2.45) is 0 Å². The summed E-state index contributed by atoms with van der Waals surface area (Å²) < 4.78 is 0. The summed E-state index contributed by atoms with van der Waals surface area (Å²) >= 11 is 6.17. The number of halogens is 1. The van der Waals surface area contributed by atoms with Gasteiger partial charge < -0.3 is 0 Å². The highest BCUT2D eigenvalue weighted by atomic mass is 35.5. The van der Waals surface area contributed by atoms with Crippen molar-refractivity contribution < 1.29 is 0 Å². The molecule has 3 aromatic rings. The van der Waals surface area contributed by atoms with Crippen molar-refractivity contribution in [1.29, 1.82) is 0 Å². The third-order valence-electron chi connectivity index (χ3n) is 3.70. The largest absolute Gasteiger partial charge is 0.258 e. The molecular weight excluding hydrogens is 292 g/mol. The molecule has 22 heavy (non-hydrogen) atoms. The smallest absolute Gasteiger partial charge is 0.0799 e. The maximum atomic E-state index is 6.17. The van der Waals surface area contributed by atoms with Gasteiger partial charge in [-0.3, -0.25) is 9.97 Å². The van der Waals surface area contributed by atoms with Gasteiger partial charge in [0.1, 0.15) is 0 Å². The number of nitrogens with zero attached hydrogens (tertiary/aromatic N) is 2. The molecule has 0 amide bonds. The highest BCUT2D eigenvalue weighted by Gasteiger charge is 2.12. The van der Waals surface area contributed by atoms with E-state index in [2.05, 4.69) is 47.2 Å². The predicted molar refractivity (Wildman–Crippen MR) is 92.1 cm³/mol. The van der Waals surface area contributed by atoms with E-state index in [0.29, 0.717) is 5.02 Å². The van der Waals surface area contributed by atoms with Gasteiger partial charge in [0, 0.05) is 28.7 Å². The molecule has 1 aromatic carbocycles. The quantitative estimate of drug-likeness (QED) is 0.634. The van der Waals surface area contributed by atoms with E-state index in [1.165, 1.54) is 5.56 Å². The summed E-state index contributed by atoms with van der Waals surface area (Å²) in [5.41, 5.74) is 7.30. The molecule has 2 heterocycles. The Balaban J connectivity index is 2.22. The highest BCUT2D eigenvalue weighted by Crippen LogP contribution is 2.33. The van der Waals surface area contributed by atoms with Crippen molar-refractivity contribution in [3.63, 3.8) is 0 Å². The van der Waals surface area contributed by atoms with E-state index < -0.39 is 0 Å². The van der Waals surface area contributed by atoms with Crippen LogP contribution in [0, 0.1) is 20.8 Å². The number of hydrogen-bond acceptors (Lipinski definition) is 2. The molecule has 3 heteroatoms. The Kier molecular flexibility index (Phi) is 3.95. The summed E-state index contributed by atoms with van der Waals surface area (Å²) in [6.07, 6.45) is 1.69. The zero-order chi connectivity index (χ0) is 15.7. The molecule has 3 rings (SSSR count). The number of aromatic nitrogens is 2. The highest BCUT2D eigenvalue weighted by molar-refractivity contribution is 6.30. The van der Waals surface area contributed by atoms with E-state index in [1.807, 2.05) is 26.0 Å². The van der Waals surface area contributed by atoms with Gasteiger partial charge in [-0.25, -0.2) is 0 Å². The topological polar surface area (TPSA) is 25.8 Å². The maximum absolute atomic E-state index is 6.17. The van der Waals surface area contributed by atoms with Crippen LogP contribution in [0.3, 0.4) is 0 Å². The van der Waals surface area contributed by atoms with Crippen LogP contribution in [0.4, 0.5) is 0 Å². The molecule has 2 nitrogen and oxygen atoms in total. The second-order valence-corrected chi connectivity index (χ2v) is 5.94. The molecule has 0 fully saturated rings. The molecule has 0 bridgehead atoms. The van der Waals surface area contributed by atoms with Gasteiger partial charge in [-0.15, -0.1) is 0 Å². The van der Waals surface area contributed by atoms with Crippen LogP contribution in [0.2, 0.25) is 5.02 Å². The monoisotopic (exact) mass is 308 g/mol. The van der Waals surface area contributed by atoms with E-state index >= 15 is 0 Å². The van der Waals surface area contributed by atoms with Gasteiger partial charge in [0.2, 0.25) is 0 Å². The fraction of sp³-hybridized carbons (Fsp3) is 0.158. The van der Waals surface area contributed by atoms with Gasteiger partial charge in [-0.2, -0.15) is 0 Å². The van der Waals surface area contributed by atoms with Crippen LogP contribution in [0.25, 0.3) is 22.4 Å². The van der Waals surface area contributed by atoms with Gasteiger partial charge in [0.05, 0.1) is 10.7 Å². The molecule has 0 aliphatic carbocycles. The van der Waals surface area contributed by atoms with Crippen LogP contribution in [0.15, 0.2) is 48.7 Å². The molecule has 0 aliphatic rings. The summed E-state index contributed by atoms with van der Waals surface area (Å²) in [5, 5.41) is 0.636. The molecule has 0 radical (unpaired) electrons. The van der Waals surface area contributed by atoms with E-state index in [0.717, 1.165) is 33.8 Å². The molecule has 0 spiro atoms. The van der Waals surface area contributed by atoms with Crippen molar-refractivity contribution in [1.82, 2.24) is 9.97 Å². The molecule has 2 aromatic heterocycles. The third kappa shape index (κ3) is 2.88. The fourth-order valence-electron chi connectivity index (χ4n) is 2.54. The maximum Gasteiger partial charge on any atom is 0.0799 e. The van der Waals surface area contributed by atoms with Crippen LogP contribution in [0.1, 0.15) is 17.0 Å². The van der Waals surface area contributed by atoms with Crippen molar-refractivity contribution in [2.45, 2.75) is 20.8 Å². The molecule has 0 saturated carbocycles. The van der Waals surface area contributed by atoms with Gasteiger partial charge in [0.25, 0.3) is 0 Å². The Morgan fingerprint density at radius 2 is 1.59 bits per heavy atom. The van der Waals surface area contributed by atoms with Crippen molar-refractivity contribution >= 4 is 11.6 Å². The summed E-state index contributed by atoms with van der Waals surface area (Å²) in [6, 6.07) is 14.4. The van der Waals surface area contributed by atoms with E-state index in [4.69, 9.17) is 11.6 Å². The first kappa shape index (κ1) is 14.7. The number of pyridine rings is 2. The van der Waals surface area contributed by atoms with Gasteiger partial charge in [-0.05, 0) is 44.5 Å². The molecular formula is C19H17ClN2. The first-order chi connectivity index (χ1) is 10.5. The van der Waals surface area contributed by atoms with Crippen LogP contribution < -0.4 is 0 Å². The number of hydrogen-bond donors (Lipinski definition) is 0. The minimum atomic E-state index is 0.636. The zero-order valence-electron chi connectivity index (χ0n) is 12.9. The van der Waals surface area contributed by atoms with E-state index in [1.54, 1.807) is 6.20 Å². The predicted octanol–water partition coefficient (Wildman–Crippen LogP) is 5.39. The molecule has 0 atom stereocenters. The van der Waals surface area contributed by atoms with Crippen LogP contribution in [-0.4, -0.2) is 9.97 Å². The van der Waals surface area contributed by atoms with E-state index in [-0.39, 0.29) is 0 Å².